The Bertz CT molecular complexity index is 458. The molecule has 0 spiro atoms. The second kappa shape index (κ2) is 5.51. The van der Waals surface area contributed by atoms with Gasteiger partial charge in [0.25, 0.3) is 5.91 Å². The Morgan fingerprint density at radius 2 is 1.95 bits per heavy atom. The fraction of sp³-hybridized carbons (Fsp3) is 0.533. The maximum atomic E-state index is 12.1. The molecule has 0 radical (unpaired) electrons. The average molecular weight is 262 g/mol. The molecule has 1 aliphatic rings. The molecule has 19 heavy (non-hydrogen) atoms. The van der Waals surface area contributed by atoms with Gasteiger partial charge >= 0.3 is 0 Å². The normalized spacial score (nSPS) is 14.3. The second-order valence-corrected chi connectivity index (χ2v) is 5.18. The van der Waals surface area contributed by atoms with Gasteiger partial charge < -0.3 is 15.4 Å². The fourth-order valence-electron chi connectivity index (χ4n) is 2.45. The maximum absolute atomic E-state index is 12.1. The summed E-state index contributed by atoms with van der Waals surface area (Å²) in [6.45, 7) is 6.77. The van der Waals surface area contributed by atoms with Gasteiger partial charge in [-0.1, -0.05) is 0 Å². The van der Waals surface area contributed by atoms with Crippen LogP contribution in [0.5, 0.6) is 5.75 Å². The van der Waals surface area contributed by atoms with Gasteiger partial charge in [-0.2, -0.15) is 0 Å². The quantitative estimate of drug-likeness (QED) is 0.828. The van der Waals surface area contributed by atoms with Crippen LogP contribution in [0, 0.1) is 13.8 Å². The van der Waals surface area contributed by atoms with Crippen LogP contribution in [-0.4, -0.2) is 30.0 Å². The summed E-state index contributed by atoms with van der Waals surface area (Å²) < 4.78 is 5.70. The number of anilines is 1. The maximum Gasteiger partial charge on any atom is 0.260 e. The monoisotopic (exact) mass is 262 g/mol. The zero-order chi connectivity index (χ0) is 14.0. The smallest absolute Gasteiger partial charge is 0.260 e. The third kappa shape index (κ3) is 3.19. The highest BCUT2D eigenvalue weighted by molar-refractivity contribution is 5.78. The molecule has 1 aromatic rings. The summed E-state index contributed by atoms with van der Waals surface area (Å²) in [5, 5.41) is 0. The van der Waals surface area contributed by atoms with E-state index in [1.54, 1.807) is 0 Å². The van der Waals surface area contributed by atoms with E-state index in [1.165, 1.54) is 0 Å². The topological polar surface area (TPSA) is 55.6 Å². The number of likely N-dealkylation sites (N-methyl/N-ethyl adjacent to an activating group) is 1. The predicted octanol–water partition coefficient (Wildman–Crippen LogP) is 2.28. The van der Waals surface area contributed by atoms with Crippen LogP contribution in [0.15, 0.2) is 12.1 Å². The zero-order valence-electron chi connectivity index (χ0n) is 11.9. The number of hydrogen-bond donors (Lipinski definition) is 1. The molecule has 2 N–H and O–H groups in total. The van der Waals surface area contributed by atoms with E-state index in [4.69, 9.17) is 10.5 Å². The van der Waals surface area contributed by atoms with Crippen molar-refractivity contribution in [2.75, 3.05) is 18.9 Å². The first kappa shape index (κ1) is 13.7. The Morgan fingerprint density at radius 1 is 1.37 bits per heavy atom. The minimum atomic E-state index is 0.0700. The first-order chi connectivity index (χ1) is 9.02. The lowest BCUT2D eigenvalue weighted by Gasteiger charge is -2.21. The van der Waals surface area contributed by atoms with Crippen molar-refractivity contribution in [3.8, 4) is 5.75 Å². The molecule has 1 aromatic carbocycles. The van der Waals surface area contributed by atoms with Crippen molar-refractivity contribution in [1.82, 2.24) is 4.90 Å². The summed E-state index contributed by atoms with van der Waals surface area (Å²) in [7, 11) is 0. The van der Waals surface area contributed by atoms with Gasteiger partial charge in [0.1, 0.15) is 5.75 Å². The number of nitrogens with zero attached hydrogens (tertiary/aromatic N) is 1. The van der Waals surface area contributed by atoms with Gasteiger partial charge in [-0.05, 0) is 56.9 Å². The number of ether oxygens (including phenoxy) is 1. The lowest BCUT2D eigenvalue weighted by atomic mass is 10.1. The molecule has 0 bridgehead atoms. The van der Waals surface area contributed by atoms with Gasteiger partial charge in [-0.15, -0.1) is 0 Å². The molecular formula is C15H22N2O2. The molecule has 2 rings (SSSR count). The number of aryl methyl sites for hydroxylation is 2. The Labute approximate surface area is 114 Å². The van der Waals surface area contributed by atoms with E-state index < -0.39 is 0 Å². The van der Waals surface area contributed by atoms with Crippen molar-refractivity contribution in [2.45, 2.75) is 39.7 Å². The molecule has 0 atom stereocenters. The van der Waals surface area contributed by atoms with Crippen molar-refractivity contribution in [3.63, 3.8) is 0 Å². The lowest BCUT2D eigenvalue weighted by Crippen LogP contribution is -2.36. The van der Waals surface area contributed by atoms with Gasteiger partial charge in [0, 0.05) is 18.3 Å². The number of benzene rings is 1. The predicted molar refractivity (Wildman–Crippen MR) is 76.2 cm³/mol. The third-order valence-electron chi connectivity index (χ3n) is 3.47. The molecule has 0 saturated heterocycles. The Balaban J connectivity index is 2.00. The van der Waals surface area contributed by atoms with Crippen molar-refractivity contribution in [1.29, 1.82) is 0 Å². The molecule has 0 unspecified atom stereocenters. The van der Waals surface area contributed by atoms with Crippen LogP contribution in [0.1, 0.15) is 30.9 Å². The van der Waals surface area contributed by atoms with Crippen molar-refractivity contribution in [2.24, 2.45) is 0 Å². The van der Waals surface area contributed by atoms with Gasteiger partial charge in [-0.25, -0.2) is 0 Å². The summed E-state index contributed by atoms with van der Waals surface area (Å²) >= 11 is 0. The second-order valence-electron chi connectivity index (χ2n) is 5.18. The largest absolute Gasteiger partial charge is 0.483 e. The zero-order valence-corrected chi connectivity index (χ0v) is 11.9. The highest BCUT2D eigenvalue weighted by atomic mass is 16.5. The van der Waals surface area contributed by atoms with Gasteiger partial charge in [0.15, 0.2) is 6.61 Å². The SMILES string of the molecule is CCN(C(=O)COc1c(C)cc(N)cc1C)C1CC1. The average Bonchev–Trinajstić information content (AvgIpc) is 3.13. The lowest BCUT2D eigenvalue weighted by molar-refractivity contribution is -0.133. The molecular weight excluding hydrogens is 240 g/mol. The standard InChI is InChI=1S/C15H22N2O2/c1-4-17(13-5-6-13)14(18)9-19-15-10(2)7-12(16)8-11(15)3/h7-8,13H,4-6,9,16H2,1-3H3. The van der Waals surface area contributed by atoms with E-state index in [0.29, 0.717) is 6.04 Å². The molecule has 0 aliphatic heterocycles. The number of nitrogens with two attached hydrogens (primary N) is 1. The van der Waals surface area contributed by atoms with Crippen molar-refractivity contribution < 1.29 is 9.53 Å². The Kier molecular flexibility index (Phi) is 3.98. The molecule has 4 nitrogen and oxygen atoms in total. The number of hydrogen-bond acceptors (Lipinski definition) is 3. The number of rotatable bonds is 5. The number of carbonyl (C=O) groups is 1. The first-order valence-corrected chi connectivity index (χ1v) is 6.82. The number of nitrogen functional groups attached to an aromatic ring is 1. The van der Waals surface area contributed by atoms with E-state index in [0.717, 1.165) is 42.0 Å². The molecule has 104 valence electrons. The van der Waals surface area contributed by atoms with Crippen LogP contribution in [0.2, 0.25) is 0 Å². The summed E-state index contributed by atoms with van der Waals surface area (Å²) in [5.74, 6) is 0.843. The molecule has 1 fully saturated rings. The van der Waals surface area contributed by atoms with Gasteiger partial charge in [-0.3, -0.25) is 4.79 Å². The summed E-state index contributed by atoms with van der Waals surface area (Å²) in [6, 6.07) is 4.17. The number of carbonyl (C=O) groups excluding carboxylic acids is 1. The van der Waals surface area contributed by atoms with Crippen LogP contribution in [-0.2, 0) is 4.79 Å². The fourth-order valence-corrected chi connectivity index (χ4v) is 2.45. The van der Waals surface area contributed by atoms with Crippen LogP contribution >= 0.6 is 0 Å². The van der Waals surface area contributed by atoms with E-state index in [-0.39, 0.29) is 12.5 Å². The molecule has 1 saturated carbocycles. The minimum absolute atomic E-state index is 0.0700. The van der Waals surface area contributed by atoms with Crippen LogP contribution in [0.3, 0.4) is 0 Å². The highest BCUT2D eigenvalue weighted by Gasteiger charge is 2.31. The van der Waals surface area contributed by atoms with E-state index >= 15 is 0 Å². The Hall–Kier alpha value is -1.71. The number of amides is 1. The van der Waals surface area contributed by atoms with E-state index in [2.05, 4.69) is 0 Å². The van der Waals surface area contributed by atoms with Crippen molar-refractivity contribution in [3.05, 3.63) is 23.3 Å². The molecule has 1 aliphatic carbocycles. The van der Waals surface area contributed by atoms with E-state index in [9.17, 15) is 4.79 Å². The van der Waals surface area contributed by atoms with E-state index in [1.807, 2.05) is 37.8 Å². The highest BCUT2D eigenvalue weighted by Crippen LogP contribution is 2.28. The van der Waals surface area contributed by atoms with Gasteiger partial charge in [0.05, 0.1) is 0 Å². The minimum Gasteiger partial charge on any atom is -0.483 e. The van der Waals surface area contributed by atoms with Crippen LogP contribution in [0.25, 0.3) is 0 Å². The first-order valence-electron chi connectivity index (χ1n) is 6.82. The molecule has 1 amide bonds. The third-order valence-corrected chi connectivity index (χ3v) is 3.47. The Morgan fingerprint density at radius 3 is 2.42 bits per heavy atom. The summed E-state index contributed by atoms with van der Waals surface area (Å²) in [6.07, 6.45) is 2.25. The van der Waals surface area contributed by atoms with Crippen LogP contribution in [0.4, 0.5) is 5.69 Å². The van der Waals surface area contributed by atoms with Crippen molar-refractivity contribution >= 4 is 11.6 Å². The summed E-state index contributed by atoms with van der Waals surface area (Å²) in [4.78, 5) is 14.0. The molecule has 4 heteroatoms. The summed E-state index contributed by atoms with van der Waals surface area (Å²) in [5.41, 5.74) is 8.44. The molecule has 0 heterocycles. The molecule has 0 aromatic heterocycles. The van der Waals surface area contributed by atoms with Gasteiger partial charge in [0.2, 0.25) is 0 Å². The van der Waals surface area contributed by atoms with Crippen LogP contribution < -0.4 is 10.5 Å².